The minimum Gasteiger partial charge on any atom is -0.441 e. The zero-order chi connectivity index (χ0) is 12.5. The maximum absolute atomic E-state index is 11.8. The van der Waals surface area contributed by atoms with Crippen molar-refractivity contribution in [2.45, 2.75) is 6.10 Å². The van der Waals surface area contributed by atoms with Crippen LogP contribution in [0.5, 0.6) is 0 Å². The Balaban J connectivity index is 2.07. The Bertz CT molecular complexity index is 594. The highest BCUT2D eigenvalue weighted by atomic mass is 16.6. The molecule has 1 saturated heterocycles. The number of rotatable bonds is 2. The number of ether oxygens (including phenoxy) is 1. The lowest BCUT2D eigenvalue weighted by Crippen LogP contribution is -2.25. The van der Waals surface area contributed by atoms with E-state index in [1.165, 1.54) is 4.90 Å². The minimum absolute atomic E-state index is 0.161. The summed E-state index contributed by atoms with van der Waals surface area (Å²) in [6, 6.07) is 9.34. The largest absolute Gasteiger partial charge is 0.441 e. The number of pyridine rings is 1. The van der Waals surface area contributed by atoms with Crippen molar-refractivity contribution in [1.29, 1.82) is 0 Å². The molecule has 1 fully saturated rings. The molecule has 5 heteroatoms. The van der Waals surface area contributed by atoms with Gasteiger partial charge in [-0.25, -0.2) is 4.79 Å². The Morgan fingerprint density at radius 2 is 2.28 bits per heavy atom. The molecule has 0 saturated carbocycles. The zero-order valence-corrected chi connectivity index (χ0v) is 9.61. The highest BCUT2D eigenvalue weighted by Crippen LogP contribution is 2.28. The topological polar surface area (TPSA) is 62.7 Å². The van der Waals surface area contributed by atoms with Gasteiger partial charge in [0.05, 0.1) is 24.4 Å². The molecule has 3 rings (SSSR count). The highest BCUT2D eigenvalue weighted by molar-refractivity contribution is 6.01. The van der Waals surface area contributed by atoms with Crippen molar-refractivity contribution in [1.82, 2.24) is 4.98 Å². The van der Waals surface area contributed by atoms with Crippen molar-refractivity contribution in [2.75, 3.05) is 18.1 Å². The van der Waals surface area contributed by atoms with Crippen LogP contribution in [0.25, 0.3) is 10.9 Å². The van der Waals surface area contributed by atoms with E-state index in [9.17, 15) is 4.79 Å². The molecule has 1 N–H and O–H groups in total. The van der Waals surface area contributed by atoms with Crippen molar-refractivity contribution >= 4 is 22.7 Å². The number of hydrogen-bond acceptors (Lipinski definition) is 4. The minimum atomic E-state index is -0.454. The SMILES string of the molecule is O=C1OC(CO)CN1c1cccc2ncccc12. The molecular formula is C13H12N2O3. The molecule has 2 aromatic rings. The second-order valence-electron chi connectivity index (χ2n) is 4.15. The maximum Gasteiger partial charge on any atom is 0.414 e. The summed E-state index contributed by atoms with van der Waals surface area (Å²) in [5.41, 5.74) is 1.59. The van der Waals surface area contributed by atoms with Gasteiger partial charge in [0.1, 0.15) is 6.10 Å². The molecule has 0 bridgehead atoms. The van der Waals surface area contributed by atoms with Crippen molar-refractivity contribution in [2.24, 2.45) is 0 Å². The molecule has 92 valence electrons. The summed E-state index contributed by atoms with van der Waals surface area (Å²) < 4.78 is 5.04. The number of anilines is 1. The van der Waals surface area contributed by atoms with Crippen molar-refractivity contribution in [3.63, 3.8) is 0 Å². The molecule has 1 atom stereocenters. The molecule has 1 aliphatic rings. The Hall–Kier alpha value is -2.14. The highest BCUT2D eigenvalue weighted by Gasteiger charge is 2.32. The van der Waals surface area contributed by atoms with E-state index in [2.05, 4.69) is 4.98 Å². The quantitative estimate of drug-likeness (QED) is 0.870. The van der Waals surface area contributed by atoms with Crippen LogP contribution in [-0.4, -0.2) is 35.4 Å². The van der Waals surface area contributed by atoms with Crippen LogP contribution in [0.1, 0.15) is 0 Å². The second kappa shape index (κ2) is 4.27. The number of nitrogens with zero attached hydrogens (tertiary/aromatic N) is 2. The standard InChI is InChI=1S/C13H12N2O3/c16-8-9-7-15(13(17)18-9)12-5-1-4-11-10(12)3-2-6-14-11/h1-6,9,16H,7-8H2. The Morgan fingerprint density at radius 3 is 3.06 bits per heavy atom. The summed E-state index contributed by atoms with van der Waals surface area (Å²) in [4.78, 5) is 17.5. The summed E-state index contributed by atoms with van der Waals surface area (Å²) >= 11 is 0. The maximum atomic E-state index is 11.8. The van der Waals surface area contributed by atoms with E-state index >= 15 is 0 Å². The number of hydrogen-bond donors (Lipinski definition) is 1. The van der Waals surface area contributed by atoms with Gasteiger partial charge in [0, 0.05) is 11.6 Å². The molecule has 1 amide bonds. The van der Waals surface area contributed by atoms with Gasteiger partial charge in [-0.15, -0.1) is 0 Å². The number of amides is 1. The second-order valence-corrected chi connectivity index (χ2v) is 4.15. The van der Waals surface area contributed by atoms with Crippen LogP contribution in [0.3, 0.4) is 0 Å². The van der Waals surface area contributed by atoms with Crippen LogP contribution in [0, 0.1) is 0 Å². The normalized spacial score (nSPS) is 19.3. The van der Waals surface area contributed by atoms with E-state index in [0.29, 0.717) is 6.54 Å². The number of fused-ring (bicyclic) bond motifs is 1. The predicted molar refractivity (Wildman–Crippen MR) is 66.4 cm³/mol. The molecule has 18 heavy (non-hydrogen) atoms. The van der Waals surface area contributed by atoms with E-state index < -0.39 is 12.2 Å². The first-order chi connectivity index (χ1) is 8.79. The first-order valence-corrected chi connectivity index (χ1v) is 5.72. The molecule has 0 aliphatic carbocycles. The third-order valence-corrected chi connectivity index (χ3v) is 2.99. The predicted octanol–water partition coefficient (Wildman–Crippen LogP) is 1.55. The number of cyclic esters (lactones) is 1. The van der Waals surface area contributed by atoms with E-state index in [1.54, 1.807) is 6.20 Å². The summed E-state index contributed by atoms with van der Waals surface area (Å²) in [5.74, 6) is 0. The summed E-state index contributed by atoms with van der Waals surface area (Å²) in [6.45, 7) is 0.203. The fourth-order valence-electron chi connectivity index (χ4n) is 2.14. The fraction of sp³-hybridized carbons (Fsp3) is 0.231. The Morgan fingerprint density at radius 1 is 1.39 bits per heavy atom. The molecule has 1 aliphatic heterocycles. The van der Waals surface area contributed by atoms with Gasteiger partial charge in [0.25, 0.3) is 0 Å². The molecule has 0 spiro atoms. The fourth-order valence-corrected chi connectivity index (χ4v) is 2.14. The van der Waals surface area contributed by atoms with Gasteiger partial charge in [0.2, 0.25) is 0 Å². The van der Waals surface area contributed by atoms with Gasteiger partial charge < -0.3 is 9.84 Å². The summed E-state index contributed by atoms with van der Waals surface area (Å²) in [7, 11) is 0. The van der Waals surface area contributed by atoms with Gasteiger partial charge in [0.15, 0.2) is 0 Å². The van der Waals surface area contributed by atoms with Gasteiger partial charge in [-0.3, -0.25) is 9.88 Å². The summed E-state index contributed by atoms with van der Waals surface area (Å²) in [5, 5.41) is 9.94. The smallest absolute Gasteiger partial charge is 0.414 e. The van der Waals surface area contributed by atoms with E-state index in [1.807, 2.05) is 30.3 Å². The third-order valence-electron chi connectivity index (χ3n) is 2.99. The molecule has 2 heterocycles. The monoisotopic (exact) mass is 244 g/mol. The van der Waals surface area contributed by atoms with E-state index in [4.69, 9.17) is 9.84 Å². The van der Waals surface area contributed by atoms with Gasteiger partial charge in [-0.05, 0) is 24.3 Å². The van der Waals surface area contributed by atoms with Crippen LogP contribution in [-0.2, 0) is 4.74 Å². The average Bonchev–Trinajstić information content (AvgIpc) is 2.79. The van der Waals surface area contributed by atoms with Gasteiger partial charge in [-0.1, -0.05) is 6.07 Å². The average molecular weight is 244 g/mol. The lowest BCUT2D eigenvalue weighted by atomic mass is 10.1. The lowest BCUT2D eigenvalue weighted by molar-refractivity contribution is 0.0963. The molecule has 1 aromatic carbocycles. The van der Waals surface area contributed by atoms with Crippen LogP contribution in [0.4, 0.5) is 10.5 Å². The number of aromatic nitrogens is 1. The molecule has 5 nitrogen and oxygen atoms in total. The number of aliphatic hydroxyl groups is 1. The zero-order valence-electron chi connectivity index (χ0n) is 9.61. The Labute approximate surface area is 104 Å². The number of aliphatic hydroxyl groups excluding tert-OH is 1. The van der Waals surface area contributed by atoms with Gasteiger partial charge in [-0.2, -0.15) is 0 Å². The number of carbonyl (C=O) groups is 1. The molecule has 1 aromatic heterocycles. The first-order valence-electron chi connectivity index (χ1n) is 5.72. The summed E-state index contributed by atoms with van der Waals surface area (Å²) in [6.07, 6.45) is 0.833. The van der Waals surface area contributed by atoms with E-state index in [-0.39, 0.29) is 6.61 Å². The first kappa shape index (κ1) is 11.0. The van der Waals surface area contributed by atoms with Gasteiger partial charge >= 0.3 is 6.09 Å². The molecule has 1 unspecified atom stereocenters. The lowest BCUT2D eigenvalue weighted by Gasteiger charge is -2.15. The van der Waals surface area contributed by atoms with Crippen molar-refractivity contribution in [3.05, 3.63) is 36.5 Å². The van der Waals surface area contributed by atoms with Crippen LogP contribution >= 0.6 is 0 Å². The van der Waals surface area contributed by atoms with Crippen molar-refractivity contribution < 1.29 is 14.6 Å². The van der Waals surface area contributed by atoms with E-state index in [0.717, 1.165) is 16.6 Å². The van der Waals surface area contributed by atoms with Crippen LogP contribution < -0.4 is 4.90 Å². The molecule has 0 radical (unpaired) electrons. The third kappa shape index (κ3) is 1.69. The number of carbonyl (C=O) groups excluding carboxylic acids is 1. The van der Waals surface area contributed by atoms with Crippen LogP contribution in [0.2, 0.25) is 0 Å². The van der Waals surface area contributed by atoms with Crippen molar-refractivity contribution in [3.8, 4) is 0 Å². The number of benzene rings is 1. The Kier molecular flexibility index (Phi) is 2.60. The molecular weight excluding hydrogens is 232 g/mol. The van der Waals surface area contributed by atoms with Crippen LogP contribution in [0.15, 0.2) is 36.5 Å².